The van der Waals surface area contributed by atoms with E-state index >= 15 is 0 Å². The Morgan fingerprint density at radius 3 is 2.67 bits per heavy atom. The molecule has 0 bridgehead atoms. The molecule has 5 heteroatoms. The number of hydrogen-bond donors (Lipinski definition) is 2. The molecule has 3 N–H and O–H groups in total. The molecule has 18 heavy (non-hydrogen) atoms. The van der Waals surface area contributed by atoms with Gasteiger partial charge in [0.1, 0.15) is 0 Å². The maximum atomic E-state index is 5.43. The summed E-state index contributed by atoms with van der Waals surface area (Å²) >= 11 is 0. The van der Waals surface area contributed by atoms with E-state index in [1.165, 1.54) is 25.7 Å². The molecule has 0 saturated carbocycles. The molecule has 1 aliphatic carbocycles. The van der Waals surface area contributed by atoms with E-state index in [9.17, 15) is 0 Å². The number of anilines is 1. The molecule has 0 aliphatic heterocycles. The highest BCUT2D eigenvalue weighted by Gasteiger charge is 2.02. The lowest BCUT2D eigenvalue weighted by atomic mass is 9.97. The second kappa shape index (κ2) is 8.06. The number of halogens is 1. The maximum absolute atomic E-state index is 5.43. The van der Waals surface area contributed by atoms with Gasteiger partial charge in [-0.2, -0.15) is 0 Å². The maximum Gasteiger partial charge on any atom is 0.219 e. The molecule has 0 amide bonds. The first-order valence-corrected chi connectivity index (χ1v) is 6.29. The van der Waals surface area contributed by atoms with Crippen LogP contribution in [0.2, 0.25) is 0 Å². The number of nitrogens with zero attached hydrogens (tertiary/aromatic N) is 2. The number of aromatic nitrogens is 2. The zero-order chi connectivity index (χ0) is 11.9. The first-order valence-electron chi connectivity index (χ1n) is 6.29. The first-order chi connectivity index (χ1) is 8.34. The van der Waals surface area contributed by atoms with E-state index in [4.69, 9.17) is 5.73 Å². The van der Waals surface area contributed by atoms with Crippen molar-refractivity contribution in [1.29, 1.82) is 0 Å². The Morgan fingerprint density at radius 1 is 1.22 bits per heavy atom. The van der Waals surface area contributed by atoms with E-state index in [1.807, 2.05) is 0 Å². The summed E-state index contributed by atoms with van der Waals surface area (Å²) in [5.74, 6) is 0.334. The Morgan fingerprint density at radius 2 is 2.00 bits per heavy atom. The quantitative estimate of drug-likeness (QED) is 0.636. The highest BCUT2D eigenvalue weighted by molar-refractivity contribution is 5.85. The molecule has 0 unspecified atom stereocenters. The minimum Gasteiger partial charge on any atom is -0.368 e. The van der Waals surface area contributed by atoms with Gasteiger partial charge in [-0.25, -0.2) is 9.97 Å². The smallest absolute Gasteiger partial charge is 0.219 e. The van der Waals surface area contributed by atoms with Crippen molar-refractivity contribution in [2.45, 2.75) is 38.6 Å². The van der Waals surface area contributed by atoms with Crippen LogP contribution in [0.15, 0.2) is 24.0 Å². The molecule has 2 rings (SSSR count). The molecular formula is C13H21ClN4. The van der Waals surface area contributed by atoms with Crippen LogP contribution in [0.5, 0.6) is 0 Å². The van der Waals surface area contributed by atoms with Gasteiger partial charge in [-0.15, -0.1) is 12.4 Å². The Bertz CT molecular complexity index is 375. The van der Waals surface area contributed by atoms with Crippen LogP contribution >= 0.6 is 12.4 Å². The molecule has 1 aromatic heterocycles. The molecule has 1 heterocycles. The van der Waals surface area contributed by atoms with Crippen LogP contribution in [-0.2, 0) is 6.54 Å². The number of allylic oxidation sites excluding steroid dienone is 1. The highest BCUT2D eigenvalue weighted by Crippen LogP contribution is 2.19. The molecule has 1 aliphatic rings. The number of rotatable bonds is 5. The molecular weight excluding hydrogens is 248 g/mol. The van der Waals surface area contributed by atoms with Crippen molar-refractivity contribution < 1.29 is 0 Å². The van der Waals surface area contributed by atoms with Gasteiger partial charge >= 0.3 is 0 Å². The van der Waals surface area contributed by atoms with E-state index < -0.39 is 0 Å². The monoisotopic (exact) mass is 268 g/mol. The van der Waals surface area contributed by atoms with E-state index in [1.54, 1.807) is 18.0 Å². The summed E-state index contributed by atoms with van der Waals surface area (Å²) in [6, 6.07) is 0. The van der Waals surface area contributed by atoms with Crippen molar-refractivity contribution >= 4 is 18.4 Å². The van der Waals surface area contributed by atoms with Crippen molar-refractivity contribution in [1.82, 2.24) is 15.3 Å². The molecule has 0 fully saturated rings. The number of nitrogen functional groups attached to an aromatic ring is 1. The summed E-state index contributed by atoms with van der Waals surface area (Å²) in [5.41, 5.74) is 8.12. The van der Waals surface area contributed by atoms with E-state index in [0.29, 0.717) is 5.95 Å². The van der Waals surface area contributed by atoms with Crippen molar-refractivity contribution in [3.05, 3.63) is 29.6 Å². The Kier molecular flexibility index (Phi) is 6.68. The molecule has 0 spiro atoms. The van der Waals surface area contributed by atoms with Gasteiger partial charge in [0.15, 0.2) is 0 Å². The van der Waals surface area contributed by atoms with Gasteiger partial charge in [0.25, 0.3) is 0 Å². The Hall–Kier alpha value is -1.13. The summed E-state index contributed by atoms with van der Waals surface area (Å²) in [6.45, 7) is 1.84. The molecule has 0 saturated heterocycles. The van der Waals surface area contributed by atoms with Crippen molar-refractivity contribution in [3.8, 4) is 0 Å². The minimum absolute atomic E-state index is 0. The number of nitrogens with one attached hydrogen (secondary N) is 1. The Balaban J connectivity index is 0.00000162. The SMILES string of the molecule is Cl.Nc1ncc(CNCCC2=CCCCC2)cn1. The average molecular weight is 269 g/mol. The zero-order valence-electron chi connectivity index (χ0n) is 10.6. The highest BCUT2D eigenvalue weighted by atomic mass is 35.5. The van der Waals surface area contributed by atoms with E-state index in [2.05, 4.69) is 21.4 Å². The lowest BCUT2D eigenvalue weighted by molar-refractivity contribution is 0.631. The van der Waals surface area contributed by atoms with Crippen LogP contribution < -0.4 is 11.1 Å². The third kappa shape index (κ3) is 5.02. The van der Waals surface area contributed by atoms with Crippen LogP contribution in [0.4, 0.5) is 5.95 Å². The predicted molar refractivity (Wildman–Crippen MR) is 76.6 cm³/mol. The lowest BCUT2D eigenvalue weighted by Gasteiger charge is -2.12. The normalized spacial score (nSPS) is 14.8. The summed E-state index contributed by atoms with van der Waals surface area (Å²) in [5, 5.41) is 3.41. The van der Waals surface area contributed by atoms with Crippen LogP contribution in [0.25, 0.3) is 0 Å². The summed E-state index contributed by atoms with van der Waals surface area (Å²) in [7, 11) is 0. The van der Waals surface area contributed by atoms with Crippen LogP contribution in [-0.4, -0.2) is 16.5 Å². The fourth-order valence-electron chi connectivity index (χ4n) is 2.07. The standard InChI is InChI=1S/C13H20N4.ClH/c14-13-16-9-12(10-17-13)8-15-7-6-11-4-2-1-3-5-11;/h4,9-10,15H,1-3,5-8H2,(H2,14,16,17);1H. The number of nitrogens with two attached hydrogens (primary N) is 1. The fraction of sp³-hybridized carbons (Fsp3) is 0.538. The third-order valence-corrected chi connectivity index (χ3v) is 3.06. The summed E-state index contributed by atoms with van der Waals surface area (Å²) < 4.78 is 0. The van der Waals surface area contributed by atoms with Gasteiger partial charge in [0.2, 0.25) is 5.95 Å². The van der Waals surface area contributed by atoms with Crippen molar-refractivity contribution in [3.63, 3.8) is 0 Å². The van der Waals surface area contributed by atoms with Crippen molar-refractivity contribution in [2.24, 2.45) is 0 Å². The topological polar surface area (TPSA) is 63.8 Å². The average Bonchev–Trinajstić information content (AvgIpc) is 2.38. The molecule has 100 valence electrons. The van der Waals surface area contributed by atoms with Gasteiger partial charge in [0, 0.05) is 24.5 Å². The molecule has 4 nitrogen and oxygen atoms in total. The van der Waals surface area contributed by atoms with Gasteiger partial charge in [-0.1, -0.05) is 11.6 Å². The largest absolute Gasteiger partial charge is 0.368 e. The first kappa shape index (κ1) is 14.9. The summed E-state index contributed by atoms with van der Waals surface area (Å²) in [4.78, 5) is 7.93. The summed E-state index contributed by atoms with van der Waals surface area (Å²) in [6.07, 6.45) is 12.4. The Labute approximate surface area is 115 Å². The van der Waals surface area contributed by atoms with E-state index in [0.717, 1.165) is 25.1 Å². The van der Waals surface area contributed by atoms with Gasteiger partial charge in [0.05, 0.1) is 0 Å². The van der Waals surface area contributed by atoms with Crippen molar-refractivity contribution in [2.75, 3.05) is 12.3 Å². The van der Waals surface area contributed by atoms with Gasteiger partial charge in [-0.3, -0.25) is 0 Å². The molecule has 0 aromatic carbocycles. The molecule has 0 atom stereocenters. The van der Waals surface area contributed by atoms with Crippen LogP contribution in [0.1, 0.15) is 37.7 Å². The predicted octanol–water partition coefficient (Wildman–Crippen LogP) is 2.46. The second-order valence-corrected chi connectivity index (χ2v) is 4.48. The fourth-order valence-corrected chi connectivity index (χ4v) is 2.07. The zero-order valence-corrected chi connectivity index (χ0v) is 11.4. The second-order valence-electron chi connectivity index (χ2n) is 4.48. The van der Waals surface area contributed by atoms with Gasteiger partial charge < -0.3 is 11.1 Å². The molecule has 0 radical (unpaired) electrons. The van der Waals surface area contributed by atoms with Crippen LogP contribution in [0.3, 0.4) is 0 Å². The third-order valence-electron chi connectivity index (χ3n) is 3.06. The van der Waals surface area contributed by atoms with Gasteiger partial charge in [-0.05, 0) is 38.6 Å². The molecule has 1 aromatic rings. The number of hydrogen-bond acceptors (Lipinski definition) is 4. The minimum atomic E-state index is 0. The lowest BCUT2D eigenvalue weighted by Crippen LogP contribution is -2.16. The van der Waals surface area contributed by atoms with E-state index in [-0.39, 0.29) is 12.4 Å². The van der Waals surface area contributed by atoms with Crippen LogP contribution in [0, 0.1) is 0 Å².